The van der Waals surface area contributed by atoms with Crippen molar-refractivity contribution in [3.05, 3.63) is 0 Å². The first kappa shape index (κ1) is 18.6. The second-order valence-corrected chi connectivity index (χ2v) is 9.23. The fraction of sp³-hybridized carbons (Fsp3) is 0.947. The summed E-state index contributed by atoms with van der Waals surface area (Å²) in [6.45, 7) is 13.5. The number of hydrogen-bond donors (Lipinski definition) is 1. The van der Waals surface area contributed by atoms with E-state index >= 15 is 0 Å². The molecule has 1 aliphatic carbocycles. The molecule has 134 valence electrons. The summed E-state index contributed by atoms with van der Waals surface area (Å²) in [4.78, 5) is 14.6. The largest absolute Gasteiger partial charge is 0.444 e. The number of amides is 1. The molecule has 0 aromatic rings. The van der Waals surface area contributed by atoms with Gasteiger partial charge in [-0.2, -0.15) is 0 Å². The lowest BCUT2D eigenvalue weighted by molar-refractivity contribution is 0.0150. The predicted octanol–water partition coefficient (Wildman–Crippen LogP) is 4.33. The predicted molar refractivity (Wildman–Crippen MR) is 94.6 cm³/mol. The standard InChI is InChI=1S/C19H36N2O2/c1-14(20-16-13-19(16,5)6)12-15-10-8-7-9-11-21(15)17(22)23-18(2,3)4/h14-16,20H,7-13H2,1-6H3. The van der Waals surface area contributed by atoms with Crippen LogP contribution in [0, 0.1) is 5.41 Å². The molecular formula is C19H36N2O2. The summed E-state index contributed by atoms with van der Waals surface area (Å²) in [7, 11) is 0. The molecule has 1 saturated heterocycles. The van der Waals surface area contributed by atoms with Crippen LogP contribution < -0.4 is 5.32 Å². The minimum atomic E-state index is -0.421. The zero-order chi connectivity index (χ0) is 17.3. The molecule has 1 saturated carbocycles. The van der Waals surface area contributed by atoms with Crippen LogP contribution in [-0.2, 0) is 4.74 Å². The lowest BCUT2D eigenvalue weighted by Gasteiger charge is -2.34. The van der Waals surface area contributed by atoms with Gasteiger partial charge >= 0.3 is 6.09 Å². The highest BCUT2D eigenvalue weighted by Gasteiger charge is 2.46. The SMILES string of the molecule is CC(CC1CCCCCN1C(=O)OC(C)(C)C)NC1CC1(C)C. The first-order chi connectivity index (χ1) is 10.6. The molecule has 0 aromatic heterocycles. The highest BCUT2D eigenvalue weighted by Crippen LogP contribution is 2.45. The molecule has 2 fully saturated rings. The molecule has 0 radical (unpaired) electrons. The molecule has 1 heterocycles. The Morgan fingerprint density at radius 2 is 1.96 bits per heavy atom. The van der Waals surface area contributed by atoms with Crippen LogP contribution >= 0.6 is 0 Å². The maximum atomic E-state index is 12.6. The van der Waals surface area contributed by atoms with E-state index < -0.39 is 5.60 Å². The van der Waals surface area contributed by atoms with Gasteiger partial charge < -0.3 is 15.0 Å². The Morgan fingerprint density at radius 1 is 1.30 bits per heavy atom. The fourth-order valence-electron chi connectivity index (χ4n) is 3.55. The molecule has 4 heteroatoms. The third kappa shape index (κ3) is 5.66. The fourth-order valence-corrected chi connectivity index (χ4v) is 3.55. The van der Waals surface area contributed by atoms with E-state index in [-0.39, 0.29) is 6.09 Å². The molecule has 23 heavy (non-hydrogen) atoms. The first-order valence-corrected chi connectivity index (χ1v) is 9.34. The molecule has 1 N–H and O–H groups in total. The zero-order valence-electron chi connectivity index (χ0n) is 15.9. The second-order valence-electron chi connectivity index (χ2n) is 9.23. The van der Waals surface area contributed by atoms with Crippen LogP contribution in [0.4, 0.5) is 4.79 Å². The van der Waals surface area contributed by atoms with E-state index in [0.717, 1.165) is 25.8 Å². The average molecular weight is 325 g/mol. The van der Waals surface area contributed by atoms with Crippen molar-refractivity contribution in [3.63, 3.8) is 0 Å². The van der Waals surface area contributed by atoms with Crippen molar-refractivity contribution in [1.82, 2.24) is 10.2 Å². The van der Waals surface area contributed by atoms with E-state index in [1.807, 2.05) is 25.7 Å². The average Bonchev–Trinajstić information content (AvgIpc) is 3.03. The number of nitrogens with one attached hydrogen (secondary N) is 1. The van der Waals surface area contributed by atoms with Gasteiger partial charge in [0.1, 0.15) is 5.60 Å². The van der Waals surface area contributed by atoms with Crippen molar-refractivity contribution in [1.29, 1.82) is 0 Å². The number of hydrogen-bond acceptors (Lipinski definition) is 3. The van der Waals surface area contributed by atoms with Gasteiger partial charge in [-0.3, -0.25) is 0 Å². The van der Waals surface area contributed by atoms with Crippen LogP contribution in [0.25, 0.3) is 0 Å². The highest BCUT2D eigenvalue weighted by molar-refractivity contribution is 5.68. The van der Waals surface area contributed by atoms with E-state index in [9.17, 15) is 4.79 Å². The van der Waals surface area contributed by atoms with E-state index in [1.165, 1.54) is 19.3 Å². The van der Waals surface area contributed by atoms with Crippen LogP contribution in [0.1, 0.15) is 80.1 Å². The zero-order valence-corrected chi connectivity index (χ0v) is 15.9. The van der Waals surface area contributed by atoms with Crippen molar-refractivity contribution in [2.45, 2.75) is 104 Å². The Bertz CT molecular complexity index is 414. The molecular weight excluding hydrogens is 288 g/mol. The number of ether oxygens (including phenoxy) is 1. The van der Waals surface area contributed by atoms with Gasteiger partial charge in [0, 0.05) is 24.7 Å². The summed E-state index contributed by atoms with van der Waals surface area (Å²) in [6.07, 6.45) is 6.76. The van der Waals surface area contributed by atoms with Crippen molar-refractivity contribution in [3.8, 4) is 0 Å². The molecule has 2 aliphatic rings. The molecule has 0 bridgehead atoms. The van der Waals surface area contributed by atoms with Crippen molar-refractivity contribution in [2.75, 3.05) is 6.54 Å². The van der Waals surface area contributed by atoms with Crippen molar-refractivity contribution in [2.24, 2.45) is 5.41 Å². The lowest BCUT2D eigenvalue weighted by Crippen LogP contribution is -2.46. The molecule has 3 atom stereocenters. The van der Waals surface area contributed by atoms with Gasteiger partial charge in [-0.25, -0.2) is 4.79 Å². The smallest absolute Gasteiger partial charge is 0.410 e. The summed E-state index contributed by atoms with van der Waals surface area (Å²) in [5.74, 6) is 0. The van der Waals surface area contributed by atoms with E-state index in [1.54, 1.807) is 0 Å². The number of carbonyl (C=O) groups excluding carboxylic acids is 1. The van der Waals surface area contributed by atoms with Gasteiger partial charge in [0.15, 0.2) is 0 Å². The molecule has 1 aliphatic heterocycles. The van der Waals surface area contributed by atoms with Gasteiger partial charge in [-0.15, -0.1) is 0 Å². The topological polar surface area (TPSA) is 41.6 Å². The Hall–Kier alpha value is -0.770. The van der Waals surface area contributed by atoms with E-state index in [4.69, 9.17) is 4.74 Å². The minimum Gasteiger partial charge on any atom is -0.444 e. The Kier molecular flexibility index (Phi) is 5.65. The third-order valence-electron chi connectivity index (χ3n) is 5.13. The summed E-state index contributed by atoms with van der Waals surface area (Å²) in [5.41, 5.74) is 0.0262. The van der Waals surface area contributed by atoms with Crippen molar-refractivity contribution < 1.29 is 9.53 Å². The Morgan fingerprint density at radius 3 is 2.52 bits per heavy atom. The normalized spacial score (nSPS) is 28.9. The molecule has 3 unspecified atom stereocenters. The Labute approximate surface area is 142 Å². The Balaban J connectivity index is 1.93. The van der Waals surface area contributed by atoms with Crippen LogP contribution in [-0.4, -0.2) is 41.3 Å². The third-order valence-corrected chi connectivity index (χ3v) is 5.13. The molecule has 0 aromatic carbocycles. The second kappa shape index (κ2) is 7.00. The van der Waals surface area contributed by atoms with Crippen LogP contribution in [0.15, 0.2) is 0 Å². The van der Waals surface area contributed by atoms with Gasteiger partial charge in [0.25, 0.3) is 0 Å². The van der Waals surface area contributed by atoms with E-state index in [0.29, 0.717) is 23.5 Å². The van der Waals surface area contributed by atoms with Crippen molar-refractivity contribution >= 4 is 6.09 Å². The molecule has 2 rings (SSSR count). The quantitative estimate of drug-likeness (QED) is 0.836. The maximum Gasteiger partial charge on any atom is 0.410 e. The summed E-state index contributed by atoms with van der Waals surface area (Å²) in [5, 5.41) is 3.74. The summed E-state index contributed by atoms with van der Waals surface area (Å²) in [6, 6.07) is 1.38. The van der Waals surface area contributed by atoms with Gasteiger partial charge in [0.2, 0.25) is 0 Å². The number of nitrogens with zero attached hydrogens (tertiary/aromatic N) is 1. The maximum absolute atomic E-state index is 12.6. The molecule has 1 amide bonds. The van der Waals surface area contributed by atoms with Gasteiger partial charge in [-0.1, -0.05) is 26.7 Å². The molecule has 4 nitrogen and oxygen atoms in total. The number of carbonyl (C=O) groups is 1. The van der Waals surface area contributed by atoms with Crippen LogP contribution in [0.5, 0.6) is 0 Å². The lowest BCUT2D eigenvalue weighted by atomic mass is 10.0. The van der Waals surface area contributed by atoms with Crippen LogP contribution in [0.3, 0.4) is 0 Å². The first-order valence-electron chi connectivity index (χ1n) is 9.34. The number of rotatable bonds is 4. The van der Waals surface area contributed by atoms with Gasteiger partial charge in [-0.05, 0) is 58.8 Å². The minimum absolute atomic E-state index is 0.136. The van der Waals surface area contributed by atoms with Crippen LogP contribution in [0.2, 0.25) is 0 Å². The summed E-state index contributed by atoms with van der Waals surface area (Å²) >= 11 is 0. The highest BCUT2D eigenvalue weighted by atomic mass is 16.6. The monoisotopic (exact) mass is 324 g/mol. The van der Waals surface area contributed by atoms with E-state index in [2.05, 4.69) is 26.1 Å². The summed E-state index contributed by atoms with van der Waals surface area (Å²) < 4.78 is 5.64. The van der Waals surface area contributed by atoms with Gasteiger partial charge in [0.05, 0.1) is 0 Å². The number of likely N-dealkylation sites (tertiary alicyclic amines) is 1. The molecule has 0 spiro atoms.